The molecule has 2 aromatic heterocycles. The average molecular weight is 440 g/mol. The van der Waals surface area contributed by atoms with Gasteiger partial charge in [-0.1, -0.05) is 13.8 Å². The van der Waals surface area contributed by atoms with Crippen molar-refractivity contribution in [2.24, 2.45) is 5.92 Å². The molecule has 10 heteroatoms. The highest BCUT2D eigenvalue weighted by atomic mass is 32.1. The van der Waals surface area contributed by atoms with Crippen molar-refractivity contribution in [2.75, 3.05) is 32.7 Å². The van der Waals surface area contributed by atoms with Crippen molar-refractivity contribution in [1.82, 2.24) is 24.9 Å². The van der Waals surface area contributed by atoms with Gasteiger partial charge < -0.3 is 10.2 Å². The number of thiophene rings is 1. The van der Waals surface area contributed by atoms with Gasteiger partial charge in [-0.3, -0.25) is 14.5 Å². The van der Waals surface area contributed by atoms with Crippen LogP contribution in [-0.4, -0.2) is 64.1 Å². The Bertz CT molecular complexity index is 859. The normalized spacial score (nSPS) is 15.2. The van der Waals surface area contributed by atoms with Crippen LogP contribution in [0.15, 0.2) is 24.4 Å². The largest absolute Gasteiger partial charge is 0.351 e. The number of nitrogens with one attached hydrogen (secondary N) is 1. The van der Waals surface area contributed by atoms with E-state index in [1.54, 1.807) is 4.90 Å². The van der Waals surface area contributed by atoms with Crippen LogP contribution in [0, 0.1) is 5.92 Å². The van der Waals surface area contributed by atoms with Crippen molar-refractivity contribution in [2.45, 2.75) is 33.4 Å². The van der Waals surface area contributed by atoms with Gasteiger partial charge in [0.05, 0.1) is 4.88 Å². The van der Waals surface area contributed by atoms with Gasteiger partial charge in [0.2, 0.25) is 0 Å². The maximum Gasteiger partial charge on any atom is 0.333 e. The number of amides is 2. The van der Waals surface area contributed by atoms with Gasteiger partial charge in [-0.05, 0) is 30.5 Å². The molecule has 7 nitrogen and oxygen atoms in total. The van der Waals surface area contributed by atoms with Crippen LogP contribution in [0.3, 0.4) is 0 Å². The Balaban J connectivity index is 1.48. The first-order chi connectivity index (χ1) is 14.3. The lowest BCUT2D eigenvalue weighted by Gasteiger charge is -2.34. The van der Waals surface area contributed by atoms with Gasteiger partial charge in [-0.25, -0.2) is 0 Å². The maximum absolute atomic E-state index is 12.9. The summed E-state index contributed by atoms with van der Waals surface area (Å²) >= 11 is 1.47. The number of aromatic nitrogens is 2. The molecular weight excluding hydrogens is 412 g/mol. The predicted molar refractivity (Wildman–Crippen MR) is 111 cm³/mol. The standard InChI is InChI=1S/C20H27F2N5O2S/c1-14(2)5-7-23-18(28)17-4-3-15(30-17)13-25-9-11-26(12-10-25)19(29)16-6-8-24-27(16)20(21)22/h3-4,6,8,14,20H,5,7,9-13H2,1-2H3,(H,23,28). The number of nitrogens with zero attached hydrogens (tertiary/aromatic N) is 4. The SMILES string of the molecule is CC(C)CCNC(=O)c1ccc(CN2CCN(C(=O)c3ccnn3C(F)F)CC2)s1. The van der Waals surface area contributed by atoms with Gasteiger partial charge in [-0.15, -0.1) is 11.3 Å². The third-order valence-electron chi connectivity index (χ3n) is 5.01. The molecule has 3 heterocycles. The minimum absolute atomic E-state index is 0.0436. The molecule has 0 radical (unpaired) electrons. The molecule has 0 aliphatic carbocycles. The molecule has 2 aromatic rings. The molecule has 0 saturated carbocycles. The van der Waals surface area contributed by atoms with Crippen LogP contribution in [0.25, 0.3) is 0 Å². The molecule has 0 atom stereocenters. The van der Waals surface area contributed by atoms with E-state index in [1.165, 1.54) is 23.6 Å². The molecule has 1 aliphatic heterocycles. The molecule has 1 N–H and O–H groups in total. The van der Waals surface area contributed by atoms with Crippen LogP contribution < -0.4 is 5.32 Å². The number of halogens is 2. The van der Waals surface area contributed by atoms with Gasteiger partial charge in [0.1, 0.15) is 5.69 Å². The molecule has 30 heavy (non-hydrogen) atoms. The average Bonchev–Trinajstić information content (AvgIpc) is 3.37. The van der Waals surface area contributed by atoms with Crippen LogP contribution in [0.1, 0.15) is 51.9 Å². The quantitative estimate of drug-likeness (QED) is 0.686. The Hall–Kier alpha value is -2.33. The zero-order chi connectivity index (χ0) is 21.7. The molecular formula is C20H27F2N5O2S. The van der Waals surface area contributed by atoms with Crippen molar-refractivity contribution in [3.8, 4) is 0 Å². The van der Waals surface area contributed by atoms with E-state index >= 15 is 0 Å². The van der Waals surface area contributed by atoms with Crippen LogP contribution >= 0.6 is 11.3 Å². The Labute approximate surface area is 178 Å². The fourth-order valence-electron chi connectivity index (χ4n) is 3.28. The predicted octanol–water partition coefficient (Wildman–Crippen LogP) is 3.07. The van der Waals surface area contributed by atoms with E-state index in [4.69, 9.17) is 0 Å². The number of piperazine rings is 1. The number of carbonyl (C=O) groups excluding carboxylic acids is 2. The Morgan fingerprint density at radius 1 is 1.17 bits per heavy atom. The molecule has 3 rings (SSSR count). The molecule has 0 aromatic carbocycles. The van der Waals surface area contributed by atoms with Crippen molar-refractivity contribution in [3.05, 3.63) is 39.8 Å². The fraction of sp³-hybridized carbons (Fsp3) is 0.550. The first-order valence-corrected chi connectivity index (χ1v) is 10.9. The first-order valence-electron chi connectivity index (χ1n) is 10.1. The van der Waals surface area contributed by atoms with E-state index in [0.29, 0.717) is 54.7 Å². The molecule has 2 amide bonds. The summed E-state index contributed by atoms with van der Waals surface area (Å²) < 4.78 is 26.4. The topological polar surface area (TPSA) is 70.5 Å². The summed E-state index contributed by atoms with van der Waals surface area (Å²) in [5, 5.41) is 6.47. The van der Waals surface area contributed by atoms with Gasteiger partial charge in [-0.2, -0.15) is 18.6 Å². The monoisotopic (exact) mass is 439 g/mol. The van der Waals surface area contributed by atoms with E-state index in [-0.39, 0.29) is 11.6 Å². The maximum atomic E-state index is 12.9. The van der Waals surface area contributed by atoms with Crippen LogP contribution in [0.5, 0.6) is 0 Å². The minimum Gasteiger partial charge on any atom is -0.351 e. The summed E-state index contributed by atoms with van der Waals surface area (Å²) in [6, 6.07) is 5.12. The van der Waals surface area contributed by atoms with Gasteiger partial charge >= 0.3 is 6.55 Å². The second-order valence-corrected chi connectivity index (χ2v) is 8.88. The number of rotatable bonds is 8. The van der Waals surface area contributed by atoms with Crippen molar-refractivity contribution in [1.29, 1.82) is 0 Å². The number of hydrogen-bond acceptors (Lipinski definition) is 5. The first kappa shape index (κ1) is 22.4. The molecule has 0 bridgehead atoms. The van der Waals surface area contributed by atoms with Crippen LogP contribution in [0.2, 0.25) is 0 Å². The Morgan fingerprint density at radius 2 is 1.90 bits per heavy atom. The van der Waals surface area contributed by atoms with Gasteiger partial charge in [0.15, 0.2) is 0 Å². The zero-order valence-corrected chi connectivity index (χ0v) is 18.0. The lowest BCUT2D eigenvalue weighted by atomic mass is 10.1. The van der Waals surface area contributed by atoms with Crippen molar-refractivity contribution in [3.63, 3.8) is 0 Å². The van der Waals surface area contributed by atoms with E-state index in [1.807, 2.05) is 12.1 Å². The highest BCUT2D eigenvalue weighted by molar-refractivity contribution is 7.14. The highest BCUT2D eigenvalue weighted by Crippen LogP contribution is 2.20. The molecule has 0 spiro atoms. The highest BCUT2D eigenvalue weighted by Gasteiger charge is 2.26. The second-order valence-electron chi connectivity index (χ2n) is 7.71. The summed E-state index contributed by atoms with van der Waals surface area (Å²) in [6.07, 6.45) is 2.16. The number of hydrogen-bond donors (Lipinski definition) is 1. The second kappa shape index (κ2) is 10.1. The Morgan fingerprint density at radius 3 is 2.57 bits per heavy atom. The van der Waals surface area contributed by atoms with E-state index in [9.17, 15) is 18.4 Å². The third kappa shape index (κ3) is 5.63. The van der Waals surface area contributed by atoms with Crippen molar-refractivity contribution >= 4 is 23.2 Å². The van der Waals surface area contributed by atoms with Gasteiger partial charge in [0.25, 0.3) is 11.8 Å². The fourth-order valence-corrected chi connectivity index (χ4v) is 4.24. The van der Waals surface area contributed by atoms with Crippen LogP contribution in [0.4, 0.5) is 8.78 Å². The summed E-state index contributed by atoms with van der Waals surface area (Å²) in [4.78, 5) is 30.3. The zero-order valence-electron chi connectivity index (χ0n) is 17.2. The van der Waals surface area contributed by atoms with E-state index in [2.05, 4.69) is 29.2 Å². The van der Waals surface area contributed by atoms with Crippen molar-refractivity contribution < 1.29 is 18.4 Å². The summed E-state index contributed by atoms with van der Waals surface area (Å²) in [5.41, 5.74) is -0.0928. The molecule has 1 saturated heterocycles. The van der Waals surface area contributed by atoms with E-state index in [0.717, 1.165) is 11.3 Å². The summed E-state index contributed by atoms with van der Waals surface area (Å²) in [6.45, 7) is 4.97. The Kier molecular flexibility index (Phi) is 7.54. The number of alkyl halides is 2. The molecule has 1 aliphatic rings. The smallest absolute Gasteiger partial charge is 0.333 e. The summed E-state index contributed by atoms with van der Waals surface area (Å²) in [7, 11) is 0. The molecule has 164 valence electrons. The van der Waals surface area contributed by atoms with E-state index < -0.39 is 12.5 Å². The lowest BCUT2D eigenvalue weighted by molar-refractivity contribution is 0.0424. The lowest BCUT2D eigenvalue weighted by Crippen LogP contribution is -2.48. The number of carbonyl (C=O) groups is 2. The molecule has 0 unspecified atom stereocenters. The molecule has 1 fully saturated rings. The van der Waals surface area contributed by atoms with Gasteiger partial charge in [0, 0.05) is 50.3 Å². The summed E-state index contributed by atoms with van der Waals surface area (Å²) in [5.74, 6) is 0.0764. The third-order valence-corrected chi connectivity index (χ3v) is 6.07. The minimum atomic E-state index is -2.84. The van der Waals surface area contributed by atoms with Crippen LogP contribution in [-0.2, 0) is 6.54 Å².